The number of para-hydroxylation sites is 1. The molecule has 0 amide bonds. The van der Waals surface area contributed by atoms with E-state index in [2.05, 4.69) is 35.0 Å². The number of ether oxygens (including phenoxy) is 1. The average Bonchev–Trinajstić information content (AvgIpc) is 3.17. The van der Waals surface area contributed by atoms with Crippen molar-refractivity contribution in [3.8, 4) is 17.0 Å². The van der Waals surface area contributed by atoms with Crippen LogP contribution in [0.2, 0.25) is 0 Å². The normalized spacial score (nSPS) is 14.3. The van der Waals surface area contributed by atoms with Crippen molar-refractivity contribution < 1.29 is 9.53 Å². The van der Waals surface area contributed by atoms with Crippen LogP contribution in [-0.2, 0) is 11.2 Å². The lowest BCUT2D eigenvalue weighted by molar-refractivity contribution is -0.133. The van der Waals surface area contributed by atoms with Gasteiger partial charge in [0.25, 0.3) is 0 Å². The van der Waals surface area contributed by atoms with Crippen LogP contribution in [0.3, 0.4) is 0 Å². The van der Waals surface area contributed by atoms with Gasteiger partial charge in [-0.25, -0.2) is 4.98 Å². The molecule has 0 unspecified atom stereocenters. The van der Waals surface area contributed by atoms with Crippen molar-refractivity contribution in [1.29, 1.82) is 0 Å². The summed E-state index contributed by atoms with van der Waals surface area (Å²) in [6.45, 7) is 2.07. The van der Waals surface area contributed by atoms with Gasteiger partial charge in [-0.1, -0.05) is 61.7 Å². The molecule has 2 aromatic heterocycles. The van der Waals surface area contributed by atoms with Gasteiger partial charge in [0.2, 0.25) is 0 Å². The predicted octanol–water partition coefficient (Wildman–Crippen LogP) is 6.20. The Morgan fingerprint density at radius 2 is 1.79 bits per heavy atom. The number of aryl methyl sites for hydroxylation is 1. The van der Waals surface area contributed by atoms with Crippen molar-refractivity contribution in [2.24, 2.45) is 0 Å². The molecule has 5 heteroatoms. The van der Waals surface area contributed by atoms with Crippen molar-refractivity contribution in [3.05, 3.63) is 84.1 Å². The number of nitrogens with one attached hydrogen (secondary N) is 1. The number of rotatable bonds is 6. The number of carbonyl (C=O) groups is 1. The first-order valence-corrected chi connectivity index (χ1v) is 11.8. The number of hydrogen-bond donors (Lipinski definition) is 1. The average molecular weight is 440 g/mol. The number of hydrogen-bond acceptors (Lipinski definition) is 4. The van der Waals surface area contributed by atoms with Gasteiger partial charge in [-0.2, -0.15) is 0 Å². The lowest BCUT2D eigenvalue weighted by Gasteiger charge is -2.24. The van der Waals surface area contributed by atoms with Crippen LogP contribution in [0.4, 0.5) is 5.82 Å². The van der Waals surface area contributed by atoms with E-state index in [4.69, 9.17) is 9.72 Å². The summed E-state index contributed by atoms with van der Waals surface area (Å²) in [5, 5.41) is 3.77. The second-order valence-electron chi connectivity index (χ2n) is 8.85. The van der Waals surface area contributed by atoms with E-state index in [1.807, 2.05) is 54.6 Å². The van der Waals surface area contributed by atoms with Crippen LogP contribution in [0, 0.1) is 6.92 Å². The van der Waals surface area contributed by atoms with Crippen LogP contribution in [0.15, 0.2) is 72.9 Å². The van der Waals surface area contributed by atoms with E-state index in [0.29, 0.717) is 11.8 Å². The summed E-state index contributed by atoms with van der Waals surface area (Å²) in [6, 6.07) is 21.9. The van der Waals surface area contributed by atoms with Gasteiger partial charge >= 0.3 is 5.97 Å². The van der Waals surface area contributed by atoms with E-state index in [1.54, 1.807) is 0 Å². The second kappa shape index (κ2) is 9.49. The summed E-state index contributed by atoms with van der Waals surface area (Å²) >= 11 is 0. The molecule has 1 N–H and O–H groups in total. The second-order valence-corrected chi connectivity index (χ2v) is 8.85. The van der Waals surface area contributed by atoms with Gasteiger partial charge in [-0.05, 0) is 55.2 Å². The van der Waals surface area contributed by atoms with Crippen molar-refractivity contribution in [2.75, 3.05) is 5.32 Å². The minimum atomic E-state index is -0.282. The minimum absolute atomic E-state index is 0.229. The number of imidazole rings is 1. The van der Waals surface area contributed by atoms with Crippen molar-refractivity contribution in [2.45, 2.75) is 51.5 Å². The quantitative estimate of drug-likeness (QED) is 0.287. The molecule has 2 heterocycles. The molecule has 0 spiro atoms. The summed E-state index contributed by atoms with van der Waals surface area (Å²) in [7, 11) is 0. The van der Waals surface area contributed by atoms with Crippen LogP contribution >= 0.6 is 0 Å². The highest BCUT2D eigenvalue weighted by atomic mass is 16.5. The Hall–Kier alpha value is -3.60. The highest BCUT2D eigenvalue weighted by Gasteiger charge is 2.22. The molecular formula is C28H29N3O2. The zero-order valence-corrected chi connectivity index (χ0v) is 19.0. The zero-order valence-electron chi connectivity index (χ0n) is 19.0. The lowest BCUT2D eigenvalue weighted by atomic mass is 9.95. The maximum atomic E-state index is 12.7. The third-order valence-electron chi connectivity index (χ3n) is 6.28. The Bertz CT molecular complexity index is 1260. The number of nitrogens with zero attached hydrogens (tertiary/aromatic N) is 2. The van der Waals surface area contributed by atoms with Gasteiger partial charge in [0, 0.05) is 17.8 Å². The Morgan fingerprint density at radius 3 is 2.61 bits per heavy atom. The third kappa shape index (κ3) is 4.77. The summed E-state index contributed by atoms with van der Waals surface area (Å²) in [6.07, 6.45) is 8.41. The number of pyridine rings is 1. The molecule has 1 fully saturated rings. The maximum absolute atomic E-state index is 12.7. The molecular weight excluding hydrogens is 410 g/mol. The predicted molar refractivity (Wildman–Crippen MR) is 132 cm³/mol. The Balaban J connectivity index is 1.51. The van der Waals surface area contributed by atoms with Crippen LogP contribution in [0.25, 0.3) is 16.9 Å². The van der Waals surface area contributed by atoms with Crippen molar-refractivity contribution in [1.82, 2.24) is 9.38 Å². The SMILES string of the molecule is Cc1ccn2c(NC3CCCCC3)c(-c3ccccc3OC(=O)Cc3ccccc3)nc2c1. The summed E-state index contributed by atoms with van der Waals surface area (Å²) in [5.74, 6) is 1.21. The maximum Gasteiger partial charge on any atom is 0.315 e. The van der Waals surface area contributed by atoms with Crippen LogP contribution in [-0.4, -0.2) is 21.4 Å². The van der Waals surface area contributed by atoms with E-state index in [0.717, 1.165) is 46.7 Å². The van der Waals surface area contributed by atoms with E-state index in [9.17, 15) is 4.79 Å². The zero-order chi connectivity index (χ0) is 22.6. The van der Waals surface area contributed by atoms with E-state index >= 15 is 0 Å². The Labute approximate surface area is 194 Å². The van der Waals surface area contributed by atoms with Crippen LogP contribution in [0.5, 0.6) is 5.75 Å². The number of anilines is 1. The summed E-state index contributed by atoms with van der Waals surface area (Å²) in [5.41, 5.74) is 4.61. The molecule has 1 aliphatic carbocycles. The van der Waals surface area contributed by atoms with Crippen molar-refractivity contribution in [3.63, 3.8) is 0 Å². The Morgan fingerprint density at radius 1 is 1.03 bits per heavy atom. The number of fused-ring (bicyclic) bond motifs is 1. The van der Waals surface area contributed by atoms with Gasteiger partial charge in [0.1, 0.15) is 22.9 Å². The topological polar surface area (TPSA) is 55.6 Å². The molecule has 1 aliphatic rings. The summed E-state index contributed by atoms with van der Waals surface area (Å²) in [4.78, 5) is 17.7. The first kappa shape index (κ1) is 21.3. The fourth-order valence-electron chi connectivity index (χ4n) is 4.59. The van der Waals surface area contributed by atoms with Crippen molar-refractivity contribution >= 4 is 17.4 Å². The highest BCUT2D eigenvalue weighted by molar-refractivity contribution is 5.83. The van der Waals surface area contributed by atoms with E-state index in [-0.39, 0.29) is 12.4 Å². The molecule has 0 saturated heterocycles. The molecule has 5 nitrogen and oxygen atoms in total. The molecule has 1 saturated carbocycles. The van der Waals surface area contributed by atoms with Crippen LogP contribution in [0.1, 0.15) is 43.2 Å². The van der Waals surface area contributed by atoms with Gasteiger partial charge in [-0.3, -0.25) is 9.20 Å². The van der Waals surface area contributed by atoms with Gasteiger partial charge in [0.05, 0.1) is 6.42 Å². The van der Waals surface area contributed by atoms with E-state index < -0.39 is 0 Å². The lowest BCUT2D eigenvalue weighted by Crippen LogP contribution is -2.23. The van der Waals surface area contributed by atoms with Crippen LogP contribution < -0.4 is 10.1 Å². The molecule has 0 atom stereocenters. The largest absolute Gasteiger partial charge is 0.426 e. The fraction of sp³-hybridized carbons (Fsp3) is 0.286. The molecule has 33 heavy (non-hydrogen) atoms. The number of carbonyl (C=O) groups excluding carboxylic acids is 1. The van der Waals surface area contributed by atoms with Gasteiger partial charge < -0.3 is 10.1 Å². The minimum Gasteiger partial charge on any atom is -0.426 e. The van der Waals surface area contributed by atoms with Gasteiger partial charge in [0.15, 0.2) is 0 Å². The molecule has 2 aromatic carbocycles. The first-order valence-electron chi connectivity index (χ1n) is 11.8. The summed E-state index contributed by atoms with van der Waals surface area (Å²) < 4.78 is 7.96. The monoisotopic (exact) mass is 439 g/mol. The molecule has 5 rings (SSSR count). The fourth-order valence-corrected chi connectivity index (χ4v) is 4.59. The molecule has 0 aliphatic heterocycles. The first-order chi connectivity index (χ1) is 16.2. The van der Waals surface area contributed by atoms with E-state index in [1.165, 1.54) is 19.3 Å². The molecule has 168 valence electrons. The smallest absolute Gasteiger partial charge is 0.315 e. The standard InChI is InChI=1S/C28H29N3O2/c1-20-16-17-31-25(18-20)30-27(28(31)29-22-12-6-3-7-13-22)23-14-8-9-15-24(23)33-26(32)19-21-10-4-2-5-11-21/h2,4-5,8-11,14-18,22,29H,3,6-7,12-13,19H2,1H3. The highest BCUT2D eigenvalue weighted by Crippen LogP contribution is 2.37. The van der Waals surface area contributed by atoms with Gasteiger partial charge in [-0.15, -0.1) is 0 Å². The molecule has 0 bridgehead atoms. The third-order valence-corrected chi connectivity index (χ3v) is 6.28. The molecule has 0 radical (unpaired) electrons. The number of aromatic nitrogens is 2. The number of esters is 1. The Kier molecular flexibility index (Phi) is 6.11. The molecule has 4 aromatic rings. The number of benzene rings is 2.